The van der Waals surface area contributed by atoms with Crippen molar-refractivity contribution in [1.29, 1.82) is 5.26 Å². The number of fused-ring (bicyclic) bond motifs is 1. The molecule has 0 saturated carbocycles. The molecule has 2 heterocycles. The molecule has 0 fully saturated rings. The van der Waals surface area contributed by atoms with Gasteiger partial charge >= 0.3 is 10.2 Å². The summed E-state index contributed by atoms with van der Waals surface area (Å²) in [5.41, 5.74) is 1.46. The SMILES string of the molecule is CCCCN(C)S(=O)(=O)Nc1sc2c(c1C#N)CCNC2. The molecule has 0 aliphatic carbocycles. The molecule has 0 bridgehead atoms. The third-order valence-corrected chi connectivity index (χ3v) is 6.24. The lowest BCUT2D eigenvalue weighted by Crippen LogP contribution is -2.33. The summed E-state index contributed by atoms with van der Waals surface area (Å²) in [6, 6.07) is 2.15. The summed E-state index contributed by atoms with van der Waals surface area (Å²) < 4.78 is 28.4. The van der Waals surface area contributed by atoms with Gasteiger partial charge in [-0.05, 0) is 24.9 Å². The van der Waals surface area contributed by atoms with Crippen LogP contribution < -0.4 is 10.0 Å². The van der Waals surface area contributed by atoms with Crippen LogP contribution in [0.25, 0.3) is 0 Å². The third kappa shape index (κ3) is 3.55. The van der Waals surface area contributed by atoms with Crippen molar-refractivity contribution in [2.24, 2.45) is 0 Å². The van der Waals surface area contributed by atoms with Crippen LogP contribution in [0.5, 0.6) is 0 Å². The molecule has 6 nitrogen and oxygen atoms in total. The van der Waals surface area contributed by atoms with Gasteiger partial charge in [0.05, 0.1) is 5.56 Å². The van der Waals surface area contributed by atoms with E-state index in [1.807, 2.05) is 6.92 Å². The first-order valence-corrected chi connectivity index (χ1v) is 9.24. The Morgan fingerprint density at radius 1 is 1.52 bits per heavy atom. The largest absolute Gasteiger partial charge is 0.312 e. The van der Waals surface area contributed by atoms with Gasteiger partial charge in [0.25, 0.3) is 0 Å². The summed E-state index contributed by atoms with van der Waals surface area (Å²) in [4.78, 5) is 1.05. The van der Waals surface area contributed by atoms with Crippen LogP contribution in [0, 0.1) is 11.3 Å². The molecule has 0 atom stereocenters. The van der Waals surface area contributed by atoms with E-state index in [2.05, 4.69) is 16.1 Å². The van der Waals surface area contributed by atoms with Crippen molar-refractivity contribution >= 4 is 26.5 Å². The van der Waals surface area contributed by atoms with Crippen LogP contribution in [-0.4, -0.2) is 32.9 Å². The third-order valence-electron chi connectivity index (χ3n) is 3.50. The fourth-order valence-electron chi connectivity index (χ4n) is 2.22. The lowest BCUT2D eigenvalue weighted by molar-refractivity contribution is 0.464. The normalized spacial score (nSPS) is 14.8. The maximum Gasteiger partial charge on any atom is 0.302 e. The molecule has 0 spiro atoms. The highest BCUT2D eigenvalue weighted by molar-refractivity contribution is 7.90. The highest BCUT2D eigenvalue weighted by Gasteiger charge is 2.25. The molecule has 1 aliphatic heterocycles. The maximum absolute atomic E-state index is 12.3. The van der Waals surface area contributed by atoms with Gasteiger partial charge in [-0.25, -0.2) is 0 Å². The van der Waals surface area contributed by atoms with Crippen LogP contribution in [0.4, 0.5) is 5.00 Å². The van der Waals surface area contributed by atoms with Crippen LogP contribution in [-0.2, 0) is 23.2 Å². The second kappa shape index (κ2) is 6.75. The second-order valence-corrected chi connectivity index (χ2v) is 7.91. The summed E-state index contributed by atoms with van der Waals surface area (Å²) in [6.07, 6.45) is 2.51. The number of hydrogen-bond donors (Lipinski definition) is 2. The zero-order chi connectivity index (χ0) is 15.5. The second-order valence-electron chi connectivity index (χ2n) is 5.03. The van der Waals surface area contributed by atoms with E-state index in [1.165, 1.54) is 15.6 Å². The minimum atomic E-state index is -3.60. The first-order chi connectivity index (χ1) is 9.99. The van der Waals surface area contributed by atoms with E-state index >= 15 is 0 Å². The van der Waals surface area contributed by atoms with Crippen LogP contribution in [0.3, 0.4) is 0 Å². The Labute approximate surface area is 129 Å². The van der Waals surface area contributed by atoms with Gasteiger partial charge in [-0.1, -0.05) is 13.3 Å². The number of anilines is 1. The number of nitriles is 1. The quantitative estimate of drug-likeness (QED) is 0.831. The molecule has 1 aliphatic rings. The Morgan fingerprint density at radius 2 is 2.29 bits per heavy atom. The average Bonchev–Trinajstić information content (AvgIpc) is 2.80. The van der Waals surface area contributed by atoms with Gasteiger partial charge in [0.1, 0.15) is 11.1 Å². The van der Waals surface area contributed by atoms with Crippen molar-refractivity contribution in [2.45, 2.75) is 32.7 Å². The number of nitrogens with one attached hydrogen (secondary N) is 2. The topological polar surface area (TPSA) is 85.2 Å². The van der Waals surface area contributed by atoms with E-state index in [-0.39, 0.29) is 0 Å². The smallest absolute Gasteiger partial charge is 0.302 e. The van der Waals surface area contributed by atoms with E-state index in [1.54, 1.807) is 7.05 Å². The Balaban J connectivity index is 2.23. The van der Waals surface area contributed by atoms with Crippen molar-refractivity contribution in [3.63, 3.8) is 0 Å². The monoisotopic (exact) mass is 328 g/mol. The molecule has 0 aromatic carbocycles. The van der Waals surface area contributed by atoms with Crippen molar-refractivity contribution in [2.75, 3.05) is 24.9 Å². The molecule has 0 amide bonds. The molecular formula is C13H20N4O2S2. The van der Waals surface area contributed by atoms with Crippen LogP contribution >= 0.6 is 11.3 Å². The molecule has 0 unspecified atom stereocenters. The zero-order valence-corrected chi connectivity index (χ0v) is 13.9. The number of hydrogen-bond acceptors (Lipinski definition) is 5. The molecule has 2 N–H and O–H groups in total. The number of nitrogens with zero attached hydrogens (tertiary/aromatic N) is 2. The fourth-order valence-corrected chi connectivity index (χ4v) is 4.58. The minimum absolute atomic E-state index is 0.439. The lowest BCUT2D eigenvalue weighted by atomic mass is 10.1. The Hall–Kier alpha value is -1.14. The molecule has 2 rings (SSSR count). The Morgan fingerprint density at radius 3 is 2.95 bits per heavy atom. The van der Waals surface area contributed by atoms with Gasteiger partial charge in [-0.2, -0.15) is 18.0 Å². The standard InChI is InChI=1S/C13H20N4O2S2/c1-3-4-7-17(2)21(18,19)16-13-11(8-14)10-5-6-15-9-12(10)20-13/h15-16H,3-7,9H2,1-2H3. The van der Waals surface area contributed by atoms with E-state index in [9.17, 15) is 13.7 Å². The van der Waals surface area contributed by atoms with Crippen molar-refractivity contribution in [1.82, 2.24) is 9.62 Å². The van der Waals surface area contributed by atoms with Gasteiger partial charge < -0.3 is 5.32 Å². The molecular weight excluding hydrogens is 308 g/mol. The van der Waals surface area contributed by atoms with Gasteiger partial charge in [-0.15, -0.1) is 11.3 Å². The van der Waals surface area contributed by atoms with Gasteiger partial charge in [0.2, 0.25) is 0 Å². The number of unbranched alkanes of at least 4 members (excludes halogenated alkanes) is 1. The first kappa shape index (κ1) is 16.2. The minimum Gasteiger partial charge on any atom is -0.312 e. The van der Waals surface area contributed by atoms with Gasteiger partial charge in [0.15, 0.2) is 0 Å². The highest BCUT2D eigenvalue weighted by Crippen LogP contribution is 2.35. The van der Waals surface area contributed by atoms with E-state index in [0.29, 0.717) is 23.7 Å². The van der Waals surface area contributed by atoms with E-state index in [0.717, 1.165) is 36.2 Å². The Bertz CT molecular complexity index is 646. The summed E-state index contributed by atoms with van der Waals surface area (Å²) in [6.45, 7) is 4.01. The van der Waals surface area contributed by atoms with Crippen LogP contribution in [0.1, 0.15) is 35.8 Å². The molecule has 1 aromatic rings. The molecule has 8 heteroatoms. The van der Waals surface area contributed by atoms with Crippen LogP contribution in [0.15, 0.2) is 0 Å². The van der Waals surface area contributed by atoms with Crippen molar-refractivity contribution < 1.29 is 8.42 Å². The molecule has 116 valence electrons. The van der Waals surface area contributed by atoms with Gasteiger partial charge in [-0.3, -0.25) is 4.72 Å². The van der Waals surface area contributed by atoms with Gasteiger partial charge in [0, 0.05) is 25.0 Å². The van der Waals surface area contributed by atoms with E-state index in [4.69, 9.17) is 0 Å². The van der Waals surface area contributed by atoms with Crippen molar-refractivity contribution in [3.8, 4) is 6.07 Å². The maximum atomic E-state index is 12.3. The molecule has 21 heavy (non-hydrogen) atoms. The van der Waals surface area contributed by atoms with Crippen molar-refractivity contribution in [3.05, 3.63) is 16.0 Å². The summed E-state index contributed by atoms with van der Waals surface area (Å²) >= 11 is 1.35. The lowest BCUT2D eigenvalue weighted by Gasteiger charge is -2.17. The number of thiophene rings is 1. The number of rotatable bonds is 6. The van der Waals surface area contributed by atoms with E-state index < -0.39 is 10.2 Å². The summed E-state index contributed by atoms with van der Waals surface area (Å²) in [5.74, 6) is 0. The fraction of sp³-hybridized carbons (Fsp3) is 0.615. The molecule has 0 saturated heterocycles. The predicted octanol–water partition coefficient (Wildman–Crippen LogP) is 1.65. The summed E-state index contributed by atoms with van der Waals surface area (Å²) in [7, 11) is -2.04. The summed E-state index contributed by atoms with van der Waals surface area (Å²) in [5, 5.41) is 13.0. The predicted molar refractivity (Wildman–Crippen MR) is 84.5 cm³/mol. The highest BCUT2D eigenvalue weighted by atomic mass is 32.2. The first-order valence-electron chi connectivity index (χ1n) is 6.99. The zero-order valence-electron chi connectivity index (χ0n) is 12.3. The average molecular weight is 328 g/mol. The molecule has 0 radical (unpaired) electrons. The molecule has 1 aromatic heterocycles. The van der Waals surface area contributed by atoms with Crippen LogP contribution in [0.2, 0.25) is 0 Å². The Kier molecular flexibility index (Phi) is 5.22.